The van der Waals surface area contributed by atoms with Gasteiger partial charge in [0.25, 0.3) is 5.91 Å². The summed E-state index contributed by atoms with van der Waals surface area (Å²) in [6.45, 7) is 1.32. The predicted molar refractivity (Wildman–Crippen MR) is 129 cm³/mol. The highest BCUT2D eigenvalue weighted by Gasteiger charge is 2.25. The van der Waals surface area contributed by atoms with E-state index in [9.17, 15) is 14.0 Å². The number of benzene rings is 1. The van der Waals surface area contributed by atoms with Gasteiger partial charge in [-0.2, -0.15) is 5.10 Å². The molecule has 0 radical (unpaired) electrons. The molecule has 3 N–H and O–H groups in total. The molecule has 0 spiro atoms. The van der Waals surface area contributed by atoms with Crippen LogP contribution in [0.5, 0.6) is 0 Å². The van der Waals surface area contributed by atoms with Crippen LogP contribution in [-0.2, 0) is 4.79 Å². The Morgan fingerprint density at radius 1 is 1.06 bits per heavy atom. The number of hydrogen-bond donors (Lipinski definition) is 2. The van der Waals surface area contributed by atoms with E-state index in [0.717, 1.165) is 19.4 Å². The molecule has 1 aliphatic rings. The second-order valence-corrected chi connectivity index (χ2v) is 8.38. The highest BCUT2D eigenvalue weighted by atomic mass is 19.1. The number of nitrogens with zero attached hydrogens (tertiary/aromatic N) is 5. The second-order valence-electron chi connectivity index (χ2n) is 8.38. The van der Waals surface area contributed by atoms with Gasteiger partial charge in [-0.25, -0.2) is 14.1 Å². The molecule has 3 aromatic heterocycles. The van der Waals surface area contributed by atoms with Crippen LogP contribution >= 0.6 is 0 Å². The van der Waals surface area contributed by atoms with E-state index in [4.69, 9.17) is 5.73 Å². The number of hydrogen-bond acceptors (Lipinski definition) is 5. The molecule has 178 valence electrons. The van der Waals surface area contributed by atoms with E-state index in [1.54, 1.807) is 53.5 Å². The fourth-order valence-electron chi connectivity index (χ4n) is 4.29. The van der Waals surface area contributed by atoms with Gasteiger partial charge in [0, 0.05) is 25.5 Å². The lowest BCUT2D eigenvalue weighted by atomic mass is 9.97. The van der Waals surface area contributed by atoms with Crippen LogP contribution in [0, 0.1) is 11.7 Å². The number of halogens is 1. The molecule has 4 heterocycles. The lowest BCUT2D eigenvalue weighted by Gasteiger charge is -2.32. The number of primary amides is 1. The molecule has 35 heavy (non-hydrogen) atoms. The average molecular weight is 474 g/mol. The zero-order chi connectivity index (χ0) is 24.4. The largest absolute Gasteiger partial charge is 0.369 e. The Morgan fingerprint density at radius 3 is 2.57 bits per heavy atom. The fourth-order valence-corrected chi connectivity index (χ4v) is 4.29. The van der Waals surface area contributed by atoms with E-state index in [0.29, 0.717) is 23.9 Å². The molecule has 1 aliphatic heterocycles. The number of carbonyl (C=O) groups is 2. The van der Waals surface area contributed by atoms with Crippen molar-refractivity contribution in [2.75, 3.05) is 23.3 Å². The second kappa shape index (κ2) is 9.41. The van der Waals surface area contributed by atoms with Gasteiger partial charge in [0.05, 0.1) is 24.0 Å². The first-order valence-electron chi connectivity index (χ1n) is 11.3. The number of amides is 2. The first kappa shape index (κ1) is 22.3. The minimum atomic E-state index is -0.452. The maximum atomic E-state index is 14.5. The van der Waals surface area contributed by atoms with Crippen LogP contribution < -0.4 is 16.0 Å². The molecule has 0 aliphatic carbocycles. The minimum absolute atomic E-state index is 0.192. The van der Waals surface area contributed by atoms with Gasteiger partial charge in [0.1, 0.15) is 22.9 Å². The van der Waals surface area contributed by atoms with Crippen LogP contribution in [0.4, 0.5) is 15.9 Å². The lowest BCUT2D eigenvalue weighted by molar-refractivity contribution is -0.122. The Labute approximate surface area is 201 Å². The fraction of sp³-hybridized carbons (Fsp3) is 0.200. The van der Waals surface area contributed by atoms with E-state index in [1.807, 2.05) is 17.0 Å². The summed E-state index contributed by atoms with van der Waals surface area (Å²) in [5.41, 5.74) is 6.48. The average Bonchev–Trinajstić information content (AvgIpc) is 3.55. The summed E-state index contributed by atoms with van der Waals surface area (Å²) < 4.78 is 17.6. The van der Waals surface area contributed by atoms with Crippen molar-refractivity contribution in [2.24, 2.45) is 11.7 Å². The molecule has 2 amide bonds. The Kier molecular flexibility index (Phi) is 6.01. The van der Waals surface area contributed by atoms with Gasteiger partial charge in [-0.05, 0) is 49.2 Å². The Morgan fingerprint density at radius 2 is 1.86 bits per heavy atom. The Hall–Kier alpha value is -4.47. The maximum Gasteiger partial charge on any atom is 0.261 e. The number of anilines is 2. The molecular formula is C25H24FN7O2. The summed E-state index contributed by atoms with van der Waals surface area (Å²) in [4.78, 5) is 31.3. The van der Waals surface area contributed by atoms with Crippen LogP contribution in [0.2, 0.25) is 0 Å². The van der Waals surface area contributed by atoms with Gasteiger partial charge < -0.3 is 20.5 Å². The molecule has 5 rings (SSSR count). The van der Waals surface area contributed by atoms with Gasteiger partial charge in [-0.3, -0.25) is 9.59 Å². The van der Waals surface area contributed by atoms with Gasteiger partial charge in [-0.1, -0.05) is 12.1 Å². The minimum Gasteiger partial charge on any atom is -0.369 e. The maximum absolute atomic E-state index is 14.5. The van der Waals surface area contributed by atoms with Crippen molar-refractivity contribution in [1.82, 2.24) is 19.3 Å². The smallest absolute Gasteiger partial charge is 0.261 e. The SMILES string of the molecule is NC(=O)C1CCCN(c2ccc(NC(=O)c3cnn(-c4ccccc4F)c3-n3cccc3)cn2)C1. The molecule has 0 saturated carbocycles. The molecule has 9 nitrogen and oxygen atoms in total. The lowest BCUT2D eigenvalue weighted by Crippen LogP contribution is -2.41. The van der Waals surface area contributed by atoms with Crippen LogP contribution in [0.1, 0.15) is 23.2 Å². The number of nitrogens with two attached hydrogens (primary N) is 1. The third kappa shape index (κ3) is 4.50. The van der Waals surface area contributed by atoms with Crippen LogP contribution in [-0.4, -0.2) is 44.2 Å². The normalized spacial score (nSPS) is 15.7. The molecule has 1 aromatic carbocycles. The third-order valence-corrected chi connectivity index (χ3v) is 6.07. The number of carbonyl (C=O) groups excluding carboxylic acids is 2. The van der Waals surface area contributed by atoms with Gasteiger partial charge in [0.2, 0.25) is 5.91 Å². The van der Waals surface area contributed by atoms with Crippen molar-refractivity contribution in [1.29, 1.82) is 0 Å². The molecule has 4 aromatic rings. The van der Waals surface area contributed by atoms with Crippen molar-refractivity contribution in [3.63, 3.8) is 0 Å². The van der Waals surface area contributed by atoms with Crippen molar-refractivity contribution in [3.8, 4) is 11.5 Å². The number of aromatic nitrogens is 4. The number of para-hydroxylation sites is 1. The highest BCUT2D eigenvalue weighted by Crippen LogP contribution is 2.25. The summed E-state index contributed by atoms with van der Waals surface area (Å²) in [5.74, 6) is -0.219. The summed E-state index contributed by atoms with van der Waals surface area (Å²) in [6.07, 6.45) is 8.15. The molecule has 1 saturated heterocycles. The predicted octanol–water partition coefficient (Wildman–Crippen LogP) is 3.15. The van der Waals surface area contributed by atoms with Crippen molar-refractivity contribution in [3.05, 3.63) is 84.7 Å². The summed E-state index contributed by atoms with van der Waals surface area (Å²) in [6, 6.07) is 13.4. The zero-order valence-electron chi connectivity index (χ0n) is 18.8. The van der Waals surface area contributed by atoms with E-state index >= 15 is 0 Å². The first-order chi connectivity index (χ1) is 17.0. The third-order valence-electron chi connectivity index (χ3n) is 6.07. The monoisotopic (exact) mass is 473 g/mol. The molecule has 1 fully saturated rings. The zero-order valence-corrected chi connectivity index (χ0v) is 18.8. The van der Waals surface area contributed by atoms with Crippen molar-refractivity contribution >= 4 is 23.3 Å². The topological polar surface area (TPSA) is 111 Å². The summed E-state index contributed by atoms with van der Waals surface area (Å²) >= 11 is 0. The van der Waals surface area contributed by atoms with Crippen molar-refractivity contribution in [2.45, 2.75) is 12.8 Å². The van der Waals surface area contributed by atoms with Crippen LogP contribution in [0.3, 0.4) is 0 Å². The van der Waals surface area contributed by atoms with Gasteiger partial charge >= 0.3 is 0 Å². The van der Waals surface area contributed by atoms with E-state index < -0.39 is 11.7 Å². The van der Waals surface area contributed by atoms with E-state index in [1.165, 1.54) is 16.9 Å². The molecule has 1 unspecified atom stereocenters. The number of piperidine rings is 1. The molecular weight excluding hydrogens is 449 g/mol. The van der Waals surface area contributed by atoms with E-state index in [-0.39, 0.29) is 23.1 Å². The quantitative estimate of drug-likeness (QED) is 0.447. The van der Waals surface area contributed by atoms with Crippen LogP contribution in [0.25, 0.3) is 11.5 Å². The van der Waals surface area contributed by atoms with Crippen LogP contribution in [0.15, 0.2) is 73.3 Å². The van der Waals surface area contributed by atoms with Gasteiger partial charge in [-0.15, -0.1) is 0 Å². The highest BCUT2D eigenvalue weighted by molar-refractivity contribution is 6.06. The standard InChI is InChI=1S/C25H24FN7O2/c26-20-7-1-2-8-21(20)33-25(31-11-3-4-12-31)19(15-29-33)24(35)30-18-9-10-22(28-14-18)32-13-5-6-17(16-32)23(27)34/h1-4,7-12,14-15,17H,5-6,13,16H2,(H2,27,34)(H,30,35). The van der Waals surface area contributed by atoms with E-state index in [2.05, 4.69) is 15.4 Å². The Balaban J connectivity index is 1.39. The first-order valence-corrected chi connectivity index (χ1v) is 11.3. The Bertz CT molecular complexity index is 1350. The van der Waals surface area contributed by atoms with Gasteiger partial charge in [0.15, 0.2) is 5.82 Å². The summed E-state index contributed by atoms with van der Waals surface area (Å²) in [7, 11) is 0. The van der Waals surface area contributed by atoms with Crippen molar-refractivity contribution < 1.29 is 14.0 Å². The number of rotatable bonds is 6. The molecule has 10 heteroatoms. The summed E-state index contributed by atoms with van der Waals surface area (Å²) in [5, 5.41) is 7.14. The number of nitrogens with one attached hydrogen (secondary N) is 1. The number of pyridine rings is 1. The molecule has 0 bridgehead atoms. The molecule has 1 atom stereocenters.